The summed E-state index contributed by atoms with van der Waals surface area (Å²) in [6.45, 7) is 0. The molecule has 0 bridgehead atoms. The summed E-state index contributed by atoms with van der Waals surface area (Å²) in [5, 5.41) is 0. The van der Waals surface area contributed by atoms with E-state index in [-0.39, 0.29) is 5.56 Å². The van der Waals surface area contributed by atoms with Crippen LogP contribution in [0.3, 0.4) is 0 Å². The average molecular weight is 186 g/mol. The Bertz CT molecular complexity index is 331. The van der Waals surface area contributed by atoms with Crippen molar-refractivity contribution in [2.75, 3.05) is 0 Å². The van der Waals surface area contributed by atoms with Crippen LogP contribution in [0.15, 0.2) is 12.1 Å². The molecule has 1 aromatic rings. The first-order chi connectivity index (χ1) is 6.18. The van der Waals surface area contributed by atoms with E-state index >= 15 is 0 Å². The van der Waals surface area contributed by atoms with Gasteiger partial charge in [0.05, 0.1) is 0 Å². The highest BCUT2D eigenvalue weighted by atomic mass is 19.3. The van der Waals surface area contributed by atoms with Crippen LogP contribution in [0, 0.1) is 5.82 Å². The Balaban J connectivity index is 2.49. The summed E-state index contributed by atoms with van der Waals surface area (Å²) >= 11 is 0. The molecular formula is C10H9F3. The van der Waals surface area contributed by atoms with E-state index in [1.807, 2.05) is 0 Å². The Labute approximate surface area is 74.4 Å². The number of benzene rings is 1. The third-order valence-corrected chi connectivity index (χ3v) is 2.44. The zero-order valence-corrected chi connectivity index (χ0v) is 6.99. The van der Waals surface area contributed by atoms with Gasteiger partial charge in [-0.3, -0.25) is 0 Å². The van der Waals surface area contributed by atoms with Gasteiger partial charge in [-0.05, 0) is 42.5 Å². The number of aryl methyl sites for hydroxylation is 1. The van der Waals surface area contributed by atoms with Crippen LogP contribution in [0.2, 0.25) is 0 Å². The molecule has 0 fully saturated rings. The molecule has 0 atom stereocenters. The first kappa shape index (κ1) is 8.60. The summed E-state index contributed by atoms with van der Waals surface area (Å²) < 4.78 is 37.7. The van der Waals surface area contributed by atoms with Gasteiger partial charge < -0.3 is 0 Å². The number of hydrogen-bond acceptors (Lipinski definition) is 0. The number of fused-ring (bicyclic) bond motifs is 1. The lowest BCUT2D eigenvalue weighted by Gasteiger charge is -2.05. The molecule has 0 heterocycles. The lowest BCUT2D eigenvalue weighted by Crippen LogP contribution is -1.93. The van der Waals surface area contributed by atoms with Gasteiger partial charge in [0, 0.05) is 5.56 Å². The molecule has 3 heteroatoms. The molecule has 0 saturated carbocycles. The Morgan fingerprint density at radius 1 is 1.15 bits per heavy atom. The fraction of sp³-hybridized carbons (Fsp3) is 0.400. The molecule has 1 aliphatic carbocycles. The van der Waals surface area contributed by atoms with Crippen molar-refractivity contribution in [2.24, 2.45) is 0 Å². The Morgan fingerprint density at radius 3 is 2.62 bits per heavy atom. The predicted octanol–water partition coefficient (Wildman–Crippen LogP) is 3.25. The van der Waals surface area contributed by atoms with Gasteiger partial charge in [0.25, 0.3) is 6.43 Å². The van der Waals surface area contributed by atoms with Crippen LogP contribution in [-0.2, 0) is 12.8 Å². The summed E-state index contributed by atoms with van der Waals surface area (Å²) in [6, 6.07) is 2.38. The van der Waals surface area contributed by atoms with Gasteiger partial charge in [0.15, 0.2) is 0 Å². The molecule has 2 rings (SSSR count). The molecule has 1 aromatic carbocycles. The molecular weight excluding hydrogens is 177 g/mol. The maximum atomic E-state index is 13.2. The molecule has 0 spiro atoms. The van der Waals surface area contributed by atoms with E-state index in [2.05, 4.69) is 0 Å². The molecule has 0 unspecified atom stereocenters. The molecule has 70 valence electrons. The van der Waals surface area contributed by atoms with E-state index in [1.54, 1.807) is 0 Å². The third-order valence-electron chi connectivity index (χ3n) is 2.44. The number of rotatable bonds is 1. The zero-order valence-electron chi connectivity index (χ0n) is 6.99. The molecule has 0 nitrogen and oxygen atoms in total. The molecule has 0 aliphatic heterocycles. The maximum absolute atomic E-state index is 13.2. The minimum atomic E-state index is -2.57. The van der Waals surface area contributed by atoms with Crippen molar-refractivity contribution < 1.29 is 13.2 Å². The van der Waals surface area contributed by atoms with E-state index in [0.29, 0.717) is 12.0 Å². The number of alkyl halides is 2. The van der Waals surface area contributed by atoms with Crippen molar-refractivity contribution in [1.29, 1.82) is 0 Å². The van der Waals surface area contributed by atoms with E-state index in [1.165, 1.54) is 6.07 Å². The van der Waals surface area contributed by atoms with Gasteiger partial charge in [-0.25, -0.2) is 13.2 Å². The van der Waals surface area contributed by atoms with Crippen molar-refractivity contribution in [1.82, 2.24) is 0 Å². The second-order valence-electron chi connectivity index (χ2n) is 3.29. The summed E-state index contributed by atoms with van der Waals surface area (Å²) in [5.74, 6) is -0.467. The first-order valence-electron chi connectivity index (χ1n) is 4.28. The topological polar surface area (TPSA) is 0 Å². The minimum Gasteiger partial charge on any atom is -0.207 e. The van der Waals surface area contributed by atoms with Gasteiger partial charge in [0.1, 0.15) is 5.82 Å². The number of hydrogen-bond donors (Lipinski definition) is 0. The largest absolute Gasteiger partial charge is 0.263 e. The monoisotopic (exact) mass is 186 g/mol. The van der Waals surface area contributed by atoms with Crippen LogP contribution in [0.1, 0.15) is 29.5 Å². The summed E-state index contributed by atoms with van der Waals surface area (Å²) in [7, 11) is 0. The fourth-order valence-corrected chi connectivity index (χ4v) is 1.80. The van der Waals surface area contributed by atoms with Gasteiger partial charge in [0.2, 0.25) is 0 Å². The van der Waals surface area contributed by atoms with Crippen LogP contribution >= 0.6 is 0 Å². The van der Waals surface area contributed by atoms with E-state index in [9.17, 15) is 13.2 Å². The molecule has 0 radical (unpaired) electrons. The van der Waals surface area contributed by atoms with Crippen LogP contribution in [0.25, 0.3) is 0 Å². The van der Waals surface area contributed by atoms with Crippen molar-refractivity contribution in [3.8, 4) is 0 Å². The number of halogens is 3. The highest BCUT2D eigenvalue weighted by Gasteiger charge is 2.19. The van der Waals surface area contributed by atoms with Crippen molar-refractivity contribution in [3.05, 3.63) is 34.6 Å². The third kappa shape index (κ3) is 1.43. The average Bonchev–Trinajstić information content (AvgIpc) is 2.51. The highest BCUT2D eigenvalue weighted by molar-refractivity contribution is 5.37. The second-order valence-corrected chi connectivity index (χ2v) is 3.29. The van der Waals surface area contributed by atoms with Crippen LogP contribution in [-0.4, -0.2) is 0 Å². The Kier molecular flexibility index (Phi) is 2.02. The predicted molar refractivity (Wildman–Crippen MR) is 43.4 cm³/mol. The van der Waals surface area contributed by atoms with Gasteiger partial charge in [-0.2, -0.15) is 0 Å². The summed E-state index contributed by atoms with van der Waals surface area (Å²) in [6.07, 6.45) is -0.281. The minimum absolute atomic E-state index is 0.196. The maximum Gasteiger partial charge on any atom is 0.263 e. The van der Waals surface area contributed by atoms with Crippen molar-refractivity contribution >= 4 is 0 Å². The van der Waals surface area contributed by atoms with Crippen molar-refractivity contribution in [2.45, 2.75) is 25.7 Å². The SMILES string of the molecule is Fc1cc(C(F)F)cc2c1CCC2. The molecule has 0 amide bonds. The Morgan fingerprint density at radius 2 is 1.92 bits per heavy atom. The van der Waals surface area contributed by atoms with Crippen LogP contribution in [0.4, 0.5) is 13.2 Å². The molecule has 13 heavy (non-hydrogen) atoms. The van der Waals surface area contributed by atoms with Gasteiger partial charge in [-0.1, -0.05) is 0 Å². The lowest BCUT2D eigenvalue weighted by molar-refractivity contribution is 0.151. The van der Waals surface area contributed by atoms with Crippen molar-refractivity contribution in [3.63, 3.8) is 0 Å². The summed E-state index contributed by atoms with van der Waals surface area (Å²) in [4.78, 5) is 0. The molecule has 1 aliphatic rings. The van der Waals surface area contributed by atoms with E-state index in [4.69, 9.17) is 0 Å². The van der Waals surface area contributed by atoms with E-state index in [0.717, 1.165) is 24.5 Å². The zero-order chi connectivity index (χ0) is 9.42. The van der Waals surface area contributed by atoms with Gasteiger partial charge >= 0.3 is 0 Å². The smallest absolute Gasteiger partial charge is 0.207 e. The van der Waals surface area contributed by atoms with Crippen LogP contribution in [0.5, 0.6) is 0 Å². The standard InChI is InChI=1S/C10H9F3/c11-9-5-7(10(12)13)4-6-2-1-3-8(6)9/h4-5,10H,1-3H2. The normalized spacial score (nSPS) is 15.1. The first-order valence-corrected chi connectivity index (χ1v) is 4.28. The van der Waals surface area contributed by atoms with Crippen LogP contribution < -0.4 is 0 Å². The quantitative estimate of drug-likeness (QED) is 0.631. The lowest BCUT2D eigenvalue weighted by atomic mass is 10.1. The summed E-state index contributed by atoms with van der Waals surface area (Å²) in [5.41, 5.74) is 1.19. The highest BCUT2D eigenvalue weighted by Crippen LogP contribution is 2.29. The van der Waals surface area contributed by atoms with E-state index < -0.39 is 12.2 Å². The molecule has 0 aromatic heterocycles. The molecule has 0 N–H and O–H groups in total. The molecule has 0 saturated heterocycles. The Hall–Kier alpha value is -0.990. The fourth-order valence-electron chi connectivity index (χ4n) is 1.80. The van der Waals surface area contributed by atoms with Gasteiger partial charge in [-0.15, -0.1) is 0 Å². The second kappa shape index (κ2) is 3.05.